The van der Waals surface area contributed by atoms with E-state index in [0.29, 0.717) is 13.1 Å². The van der Waals surface area contributed by atoms with E-state index in [1.807, 2.05) is 20.8 Å². The van der Waals surface area contributed by atoms with E-state index >= 15 is 0 Å². The van der Waals surface area contributed by atoms with E-state index in [-0.39, 0.29) is 30.1 Å². The molecular formula is C19H29IN4OS. The lowest BCUT2D eigenvalue weighted by Gasteiger charge is -2.17. The molecule has 2 N–H and O–H groups in total. The number of thiazole rings is 1. The highest BCUT2D eigenvalue weighted by atomic mass is 127. The van der Waals surface area contributed by atoms with E-state index in [1.165, 1.54) is 10.4 Å². The molecule has 1 aromatic carbocycles. The minimum atomic E-state index is 0. The summed E-state index contributed by atoms with van der Waals surface area (Å²) in [6.45, 7) is 11.6. The molecule has 0 aliphatic rings. The van der Waals surface area contributed by atoms with Crippen molar-refractivity contribution in [2.75, 3.05) is 7.05 Å². The molecule has 7 heteroatoms. The molecule has 0 aliphatic heterocycles. The molecule has 1 heterocycles. The van der Waals surface area contributed by atoms with E-state index in [0.717, 1.165) is 28.0 Å². The van der Waals surface area contributed by atoms with Crippen LogP contribution in [0.3, 0.4) is 0 Å². The fourth-order valence-electron chi connectivity index (χ4n) is 2.35. The van der Waals surface area contributed by atoms with Gasteiger partial charge in [-0.25, -0.2) is 4.98 Å². The van der Waals surface area contributed by atoms with Crippen LogP contribution in [0.1, 0.15) is 40.6 Å². The molecule has 144 valence electrons. The van der Waals surface area contributed by atoms with Crippen molar-refractivity contribution in [1.29, 1.82) is 0 Å². The smallest absolute Gasteiger partial charge is 0.191 e. The van der Waals surface area contributed by atoms with Gasteiger partial charge in [-0.3, -0.25) is 4.99 Å². The van der Waals surface area contributed by atoms with Crippen molar-refractivity contribution in [1.82, 2.24) is 15.6 Å². The molecule has 0 bridgehead atoms. The molecule has 0 fully saturated rings. The summed E-state index contributed by atoms with van der Waals surface area (Å²) in [5.41, 5.74) is 3.40. The average Bonchev–Trinajstić information content (AvgIpc) is 2.87. The van der Waals surface area contributed by atoms with Crippen LogP contribution >= 0.6 is 35.3 Å². The second-order valence-corrected chi connectivity index (χ2v) is 7.59. The van der Waals surface area contributed by atoms with Crippen LogP contribution < -0.4 is 15.4 Å². The summed E-state index contributed by atoms with van der Waals surface area (Å²) in [7, 11) is 1.77. The lowest BCUT2D eigenvalue weighted by molar-refractivity contribution is 0.239. The Labute approximate surface area is 177 Å². The Balaban J connectivity index is 0.00000338. The Kier molecular flexibility index (Phi) is 9.35. The lowest BCUT2D eigenvalue weighted by Crippen LogP contribution is -2.36. The molecule has 2 aromatic rings. The van der Waals surface area contributed by atoms with Gasteiger partial charge in [0, 0.05) is 24.0 Å². The van der Waals surface area contributed by atoms with Gasteiger partial charge in [0.2, 0.25) is 0 Å². The summed E-state index contributed by atoms with van der Waals surface area (Å²) in [4.78, 5) is 10.1. The summed E-state index contributed by atoms with van der Waals surface area (Å²) in [6, 6.07) is 6.27. The third-order valence-corrected chi connectivity index (χ3v) is 4.81. The van der Waals surface area contributed by atoms with Gasteiger partial charge in [0.1, 0.15) is 10.8 Å². The first-order valence-corrected chi connectivity index (χ1v) is 9.34. The van der Waals surface area contributed by atoms with E-state index in [1.54, 1.807) is 18.4 Å². The zero-order valence-corrected chi connectivity index (χ0v) is 19.5. The number of ether oxygens (including phenoxy) is 1. The summed E-state index contributed by atoms with van der Waals surface area (Å²) < 4.78 is 5.93. The van der Waals surface area contributed by atoms with Gasteiger partial charge in [-0.05, 0) is 46.2 Å². The molecule has 1 aromatic heterocycles. The maximum Gasteiger partial charge on any atom is 0.191 e. The molecule has 5 nitrogen and oxygen atoms in total. The minimum Gasteiger partial charge on any atom is -0.491 e. The van der Waals surface area contributed by atoms with Crippen LogP contribution in [0, 0.1) is 20.8 Å². The molecule has 0 aliphatic carbocycles. The quantitative estimate of drug-likeness (QED) is 0.361. The van der Waals surface area contributed by atoms with Crippen molar-refractivity contribution >= 4 is 41.3 Å². The van der Waals surface area contributed by atoms with Crippen LogP contribution in [0.25, 0.3) is 0 Å². The van der Waals surface area contributed by atoms with Crippen LogP contribution in [-0.2, 0) is 13.1 Å². The number of benzene rings is 1. The number of aliphatic imine (C=N–C) groups is 1. The highest BCUT2D eigenvalue weighted by Gasteiger charge is 2.08. The predicted octanol–water partition coefficient (Wildman–Crippen LogP) is 4.34. The monoisotopic (exact) mass is 488 g/mol. The predicted molar refractivity (Wildman–Crippen MR) is 121 cm³/mol. The fraction of sp³-hybridized carbons (Fsp3) is 0.474. The van der Waals surface area contributed by atoms with Crippen LogP contribution in [0.5, 0.6) is 5.75 Å². The second kappa shape index (κ2) is 10.7. The van der Waals surface area contributed by atoms with E-state index in [9.17, 15) is 0 Å². The molecule has 0 unspecified atom stereocenters. The number of nitrogens with one attached hydrogen (secondary N) is 2. The molecule has 26 heavy (non-hydrogen) atoms. The molecule has 0 spiro atoms. The highest BCUT2D eigenvalue weighted by molar-refractivity contribution is 14.0. The molecular weight excluding hydrogens is 459 g/mol. The zero-order chi connectivity index (χ0) is 18.4. The number of halogens is 1. The van der Waals surface area contributed by atoms with Gasteiger partial charge in [-0.15, -0.1) is 35.3 Å². The normalized spacial score (nSPS) is 11.3. The Hall–Kier alpha value is -1.35. The minimum absolute atomic E-state index is 0. The summed E-state index contributed by atoms with van der Waals surface area (Å²) in [6.07, 6.45) is 0.148. The Morgan fingerprint density at radius 2 is 1.88 bits per heavy atom. The zero-order valence-electron chi connectivity index (χ0n) is 16.3. The standard InChI is InChI=1S/C19H28N4OS.HI/c1-12(2)24-17-9-13(3)7-8-16(17)10-21-19(20-6)22-11-18-23-14(4)15(5)25-18;/h7-9,12H,10-11H2,1-6H3,(H2,20,21,22);1H. The molecule has 0 saturated heterocycles. The molecule has 0 atom stereocenters. The Bertz CT molecular complexity index is 724. The van der Waals surface area contributed by atoms with Gasteiger partial charge in [0.25, 0.3) is 0 Å². The van der Waals surface area contributed by atoms with Crippen LogP contribution in [0.2, 0.25) is 0 Å². The first kappa shape index (κ1) is 22.7. The third-order valence-electron chi connectivity index (χ3n) is 3.74. The van der Waals surface area contributed by atoms with Crippen molar-refractivity contribution in [3.05, 3.63) is 44.9 Å². The number of guanidine groups is 1. The van der Waals surface area contributed by atoms with Crippen molar-refractivity contribution in [3.63, 3.8) is 0 Å². The fourth-order valence-corrected chi connectivity index (χ4v) is 3.22. The van der Waals surface area contributed by atoms with Gasteiger partial charge in [-0.2, -0.15) is 0 Å². The second-order valence-electron chi connectivity index (χ2n) is 6.31. The van der Waals surface area contributed by atoms with Crippen molar-refractivity contribution in [2.24, 2.45) is 4.99 Å². The number of rotatable bonds is 6. The number of aryl methyl sites for hydroxylation is 3. The van der Waals surface area contributed by atoms with Crippen molar-refractivity contribution in [2.45, 2.75) is 53.8 Å². The third kappa shape index (κ3) is 6.75. The highest BCUT2D eigenvalue weighted by Crippen LogP contribution is 2.21. The molecule has 0 radical (unpaired) electrons. The molecule has 0 amide bonds. The largest absolute Gasteiger partial charge is 0.491 e. The number of nitrogens with zero attached hydrogens (tertiary/aromatic N) is 2. The number of hydrogen-bond donors (Lipinski definition) is 2. The van der Waals surface area contributed by atoms with Gasteiger partial charge in [-0.1, -0.05) is 12.1 Å². The van der Waals surface area contributed by atoms with Crippen LogP contribution in [0.4, 0.5) is 0 Å². The van der Waals surface area contributed by atoms with Crippen LogP contribution in [-0.4, -0.2) is 24.1 Å². The van der Waals surface area contributed by atoms with Gasteiger partial charge < -0.3 is 15.4 Å². The summed E-state index contributed by atoms with van der Waals surface area (Å²) in [5, 5.41) is 7.73. The van der Waals surface area contributed by atoms with E-state index in [4.69, 9.17) is 4.74 Å². The van der Waals surface area contributed by atoms with Crippen molar-refractivity contribution < 1.29 is 4.74 Å². The molecule has 0 saturated carbocycles. The van der Waals surface area contributed by atoms with Crippen LogP contribution in [0.15, 0.2) is 23.2 Å². The first-order chi connectivity index (χ1) is 11.9. The average molecular weight is 488 g/mol. The summed E-state index contributed by atoms with van der Waals surface area (Å²) >= 11 is 1.72. The van der Waals surface area contributed by atoms with E-state index < -0.39 is 0 Å². The first-order valence-electron chi connectivity index (χ1n) is 8.52. The van der Waals surface area contributed by atoms with Gasteiger partial charge in [0.15, 0.2) is 5.96 Å². The summed E-state index contributed by atoms with van der Waals surface area (Å²) in [5.74, 6) is 1.67. The van der Waals surface area contributed by atoms with Gasteiger partial charge in [0.05, 0.1) is 18.3 Å². The van der Waals surface area contributed by atoms with Crippen molar-refractivity contribution in [3.8, 4) is 5.75 Å². The van der Waals surface area contributed by atoms with E-state index in [2.05, 4.69) is 52.7 Å². The Morgan fingerprint density at radius 1 is 1.19 bits per heavy atom. The number of hydrogen-bond acceptors (Lipinski definition) is 4. The lowest BCUT2D eigenvalue weighted by atomic mass is 10.1. The SMILES string of the molecule is CN=C(NCc1nc(C)c(C)s1)NCc1ccc(C)cc1OC(C)C.I. The molecule has 2 rings (SSSR count). The Morgan fingerprint density at radius 3 is 2.46 bits per heavy atom. The van der Waals surface area contributed by atoms with Gasteiger partial charge >= 0.3 is 0 Å². The topological polar surface area (TPSA) is 58.5 Å². The maximum absolute atomic E-state index is 5.93. The maximum atomic E-state index is 5.93. The number of aromatic nitrogens is 1.